The third kappa shape index (κ3) is 8.48. The van der Waals surface area contributed by atoms with Crippen LogP contribution < -0.4 is 14.5 Å². The number of hydrogen-bond acceptors (Lipinski definition) is 12. The van der Waals surface area contributed by atoms with E-state index in [2.05, 4.69) is 113 Å². The summed E-state index contributed by atoms with van der Waals surface area (Å²) in [7, 11) is 10.1. The molecule has 3 N–H and O–H groups in total. The quantitative estimate of drug-likeness (QED) is 0.149. The summed E-state index contributed by atoms with van der Waals surface area (Å²) in [6.45, 7) is 1.75. The molecule has 67 heavy (non-hydrogen) atoms. The Morgan fingerprint density at radius 3 is 1.22 bits per heavy atom. The largest absolute Gasteiger partial charge is 0.505 e. The van der Waals surface area contributed by atoms with Gasteiger partial charge in [-0.3, -0.25) is 19.6 Å². The molecule has 2 aliphatic heterocycles. The number of amides is 4. The van der Waals surface area contributed by atoms with E-state index in [1.165, 1.54) is 23.5 Å². The van der Waals surface area contributed by atoms with E-state index < -0.39 is 11.2 Å². The summed E-state index contributed by atoms with van der Waals surface area (Å²) in [4.78, 5) is 56.4. The Hall–Kier alpha value is -5.42. The van der Waals surface area contributed by atoms with Crippen LogP contribution in [-0.4, -0.2) is 151 Å². The number of anilines is 2. The van der Waals surface area contributed by atoms with Crippen molar-refractivity contribution in [3.8, 4) is 11.5 Å². The minimum Gasteiger partial charge on any atom is -0.505 e. The van der Waals surface area contributed by atoms with Gasteiger partial charge in [-0.25, -0.2) is 29.5 Å². The van der Waals surface area contributed by atoms with Crippen LogP contribution in [0.2, 0.25) is 0 Å². The SMILES string of the molecule is CN(C)C1(c2ccccc2)CCC2(CC1)CN(c1ncc(O)cn1)C(=O)N2CC1(O)CCC1.COc1cnc(N2CC3(CCC(c4ccccc4)(N(C)C)CC3)N(CC3(O)CCC3)C2=O)nc1. The Labute approximate surface area is 394 Å². The molecular formula is C51H68N10O6. The first kappa shape index (κ1) is 46.7. The van der Waals surface area contributed by atoms with Crippen molar-refractivity contribution in [2.45, 2.75) is 123 Å². The van der Waals surface area contributed by atoms with E-state index in [1.54, 1.807) is 29.3 Å². The maximum atomic E-state index is 13.7. The van der Waals surface area contributed by atoms with Crippen molar-refractivity contribution in [1.29, 1.82) is 0 Å². The Balaban J connectivity index is 0.000000168. The van der Waals surface area contributed by atoms with Gasteiger partial charge < -0.3 is 29.9 Å². The summed E-state index contributed by atoms with van der Waals surface area (Å²) < 4.78 is 5.19. The number of aliphatic hydroxyl groups is 2. The lowest BCUT2D eigenvalue weighted by Crippen LogP contribution is -2.59. The molecule has 2 spiro atoms. The molecular weight excluding hydrogens is 849 g/mol. The number of ether oxygens (including phenoxy) is 1. The average Bonchev–Trinajstić information content (AvgIpc) is 3.74. The highest BCUT2D eigenvalue weighted by Gasteiger charge is 2.59. The van der Waals surface area contributed by atoms with E-state index in [9.17, 15) is 24.9 Å². The number of rotatable bonds is 11. The van der Waals surface area contributed by atoms with E-state index in [1.807, 2.05) is 15.9 Å². The van der Waals surface area contributed by atoms with Crippen LogP contribution in [0.1, 0.15) is 101 Å². The van der Waals surface area contributed by atoms with Crippen LogP contribution in [0.5, 0.6) is 11.5 Å². The number of methoxy groups -OCH3 is 1. The number of carbonyl (C=O) groups excluding carboxylic acids is 2. The smallest absolute Gasteiger partial charge is 0.327 e. The maximum Gasteiger partial charge on any atom is 0.327 e. The van der Waals surface area contributed by atoms with E-state index in [0.717, 1.165) is 89.9 Å². The summed E-state index contributed by atoms with van der Waals surface area (Å²) in [5.41, 5.74) is 0.155. The highest BCUT2D eigenvalue weighted by atomic mass is 16.5. The molecule has 4 amide bonds. The van der Waals surface area contributed by atoms with E-state index >= 15 is 0 Å². The van der Waals surface area contributed by atoms with Crippen LogP contribution >= 0.6 is 0 Å². The fourth-order valence-corrected chi connectivity index (χ4v) is 12.1. The number of aromatic hydroxyl groups is 1. The molecule has 0 bridgehead atoms. The second-order valence-electron chi connectivity index (χ2n) is 20.8. The van der Waals surface area contributed by atoms with Gasteiger partial charge in [-0.05, 0) is 129 Å². The Morgan fingerprint density at radius 2 is 0.910 bits per heavy atom. The standard InChI is InChI=1S/C26H35N5O3.C25H33N5O3/c1-29(2)26(20-8-5-4-6-9-20)14-12-24(13-15-26)18-30(22-27-16-21(34-3)17-28-22)23(32)31(24)19-25(33)10-7-11-25;1-28(2)25(19-7-4-3-5-8-19)13-11-23(12-14-25)17-29(21-26-15-20(31)16-27-21)22(32)30(23)18-24(33)9-6-10-24/h4-6,8-9,16-17,33H,7,10-15,18-19H2,1-3H3;3-5,7-8,15-16,31,33H,6,9-14,17-18H2,1-2H3. The molecule has 2 saturated heterocycles. The van der Waals surface area contributed by atoms with Gasteiger partial charge in [0.05, 0.1) is 80.4 Å². The molecule has 2 aromatic carbocycles. The molecule has 6 aliphatic rings. The molecule has 0 radical (unpaired) electrons. The predicted molar refractivity (Wildman–Crippen MR) is 255 cm³/mol. The van der Waals surface area contributed by atoms with Gasteiger partial charge in [0.2, 0.25) is 11.9 Å². The van der Waals surface area contributed by atoms with Gasteiger partial charge >= 0.3 is 12.1 Å². The van der Waals surface area contributed by atoms with Crippen LogP contribution in [0.3, 0.4) is 0 Å². The molecule has 358 valence electrons. The van der Waals surface area contributed by atoms with Crippen LogP contribution in [0, 0.1) is 0 Å². The molecule has 16 heteroatoms. The fraction of sp³-hybridized carbons (Fsp3) is 0.569. The van der Waals surface area contributed by atoms with Crippen LogP contribution in [0.15, 0.2) is 85.5 Å². The summed E-state index contributed by atoms with van der Waals surface area (Å²) >= 11 is 0. The summed E-state index contributed by atoms with van der Waals surface area (Å²) in [5, 5.41) is 31.6. The predicted octanol–water partition coefficient (Wildman–Crippen LogP) is 6.52. The lowest BCUT2D eigenvalue weighted by Gasteiger charge is -2.52. The minimum atomic E-state index is -0.802. The average molecular weight is 917 g/mol. The number of carbonyl (C=O) groups is 2. The van der Waals surface area contributed by atoms with Crippen molar-refractivity contribution >= 4 is 24.0 Å². The fourth-order valence-electron chi connectivity index (χ4n) is 12.1. The molecule has 0 atom stereocenters. The van der Waals surface area contributed by atoms with Gasteiger partial charge in [0, 0.05) is 11.1 Å². The first-order valence-electron chi connectivity index (χ1n) is 24.0. The van der Waals surface area contributed by atoms with Gasteiger partial charge in [0.1, 0.15) is 0 Å². The number of nitrogens with zero attached hydrogens (tertiary/aromatic N) is 10. The van der Waals surface area contributed by atoms with Crippen molar-refractivity contribution in [2.75, 3.05) is 71.3 Å². The lowest BCUT2D eigenvalue weighted by molar-refractivity contribution is -0.0726. The van der Waals surface area contributed by atoms with Crippen molar-refractivity contribution in [3.05, 3.63) is 96.6 Å². The summed E-state index contributed by atoms with van der Waals surface area (Å²) in [5.74, 6) is 1.22. The Kier molecular flexibility index (Phi) is 12.5. The van der Waals surface area contributed by atoms with Crippen LogP contribution in [-0.2, 0) is 11.1 Å². The van der Waals surface area contributed by atoms with Crippen molar-refractivity contribution in [3.63, 3.8) is 0 Å². The molecule has 4 heterocycles. The number of β-amino-alcohol motifs (C(OH)–C–C–N with tert-alkyl or cyclic N) is 2. The number of aromatic nitrogens is 4. The van der Waals surface area contributed by atoms with Crippen LogP contribution in [0.25, 0.3) is 0 Å². The molecule has 6 fully saturated rings. The molecule has 4 aliphatic carbocycles. The number of benzene rings is 2. The highest BCUT2D eigenvalue weighted by Crippen LogP contribution is 2.52. The first-order valence-corrected chi connectivity index (χ1v) is 24.0. The second-order valence-corrected chi connectivity index (χ2v) is 20.8. The molecule has 4 saturated carbocycles. The lowest BCUT2D eigenvalue weighted by atomic mass is 9.67. The van der Waals surface area contributed by atoms with Crippen LogP contribution in [0.4, 0.5) is 21.5 Å². The highest BCUT2D eigenvalue weighted by molar-refractivity contribution is 5.94. The Morgan fingerprint density at radius 1 is 0.552 bits per heavy atom. The third-order valence-electron chi connectivity index (χ3n) is 16.8. The third-order valence-corrected chi connectivity index (χ3v) is 16.8. The summed E-state index contributed by atoms with van der Waals surface area (Å²) in [6.07, 6.45) is 17.8. The monoisotopic (exact) mass is 917 g/mol. The van der Waals surface area contributed by atoms with Gasteiger partial charge in [0.15, 0.2) is 11.5 Å². The zero-order chi connectivity index (χ0) is 47.2. The minimum absolute atomic E-state index is 0.0305. The molecule has 2 aromatic heterocycles. The van der Waals surface area contributed by atoms with E-state index in [4.69, 9.17) is 4.74 Å². The molecule has 4 aromatic rings. The zero-order valence-electron chi connectivity index (χ0n) is 39.8. The maximum absolute atomic E-state index is 13.7. The normalized spacial score (nSPS) is 28.7. The number of hydrogen-bond donors (Lipinski definition) is 3. The zero-order valence-corrected chi connectivity index (χ0v) is 39.8. The number of urea groups is 2. The van der Waals surface area contributed by atoms with Gasteiger partial charge in [-0.1, -0.05) is 60.7 Å². The van der Waals surface area contributed by atoms with E-state index in [0.29, 0.717) is 43.8 Å². The van der Waals surface area contributed by atoms with Crippen molar-refractivity contribution in [1.82, 2.24) is 39.5 Å². The van der Waals surface area contributed by atoms with Gasteiger partial charge in [0.25, 0.3) is 0 Å². The topological polar surface area (TPSA) is 175 Å². The van der Waals surface area contributed by atoms with Crippen molar-refractivity contribution in [2.24, 2.45) is 0 Å². The second kappa shape index (κ2) is 17.9. The summed E-state index contributed by atoms with van der Waals surface area (Å²) in [6, 6.07) is 21.0. The molecule has 0 unspecified atom stereocenters. The van der Waals surface area contributed by atoms with Gasteiger partial charge in [-0.2, -0.15) is 0 Å². The van der Waals surface area contributed by atoms with E-state index in [-0.39, 0.29) is 40.0 Å². The first-order chi connectivity index (χ1) is 32.1. The van der Waals surface area contributed by atoms with Gasteiger partial charge in [-0.15, -0.1) is 0 Å². The molecule has 10 rings (SSSR count). The molecule has 16 nitrogen and oxygen atoms in total. The Bertz CT molecular complexity index is 2340. The van der Waals surface area contributed by atoms with Crippen molar-refractivity contribution < 1.29 is 29.6 Å².